The van der Waals surface area contributed by atoms with Gasteiger partial charge < -0.3 is 0 Å². The van der Waals surface area contributed by atoms with Gasteiger partial charge in [-0.1, -0.05) is 22.7 Å². The van der Waals surface area contributed by atoms with E-state index in [0.29, 0.717) is 0 Å². The van der Waals surface area contributed by atoms with E-state index in [1.807, 2.05) is 23.5 Å². The standard InChI is InChI=1S/C3H2OS2.C3H6S2/c4-3-5-1-2-6-3;1-2-5-3-4-1/h1-2H;1-3H2. The van der Waals surface area contributed by atoms with E-state index in [4.69, 9.17) is 0 Å². The average Bonchev–Trinajstić information content (AvgIpc) is 2.57. The molecule has 1 saturated heterocycles. The number of hydrogen-bond acceptors (Lipinski definition) is 5. The molecule has 0 bridgehead atoms. The zero-order valence-electron chi connectivity index (χ0n) is 5.82. The molecule has 1 nitrogen and oxygen atoms in total. The van der Waals surface area contributed by atoms with Crippen LogP contribution in [0.15, 0.2) is 15.6 Å². The lowest BCUT2D eigenvalue weighted by atomic mass is 11.0. The fraction of sp³-hybridized carbons (Fsp3) is 0.500. The molecule has 1 aliphatic rings. The summed E-state index contributed by atoms with van der Waals surface area (Å²) in [4.78, 5) is 10.1. The van der Waals surface area contributed by atoms with Gasteiger partial charge in [0, 0.05) is 27.4 Å². The number of thioether (sulfide) groups is 2. The van der Waals surface area contributed by atoms with E-state index in [-0.39, 0.29) is 4.06 Å². The average molecular weight is 224 g/mol. The molecule has 2 rings (SSSR count). The predicted molar refractivity (Wildman–Crippen MR) is 58.2 cm³/mol. The zero-order valence-corrected chi connectivity index (χ0v) is 9.08. The van der Waals surface area contributed by atoms with E-state index in [1.165, 1.54) is 39.3 Å². The van der Waals surface area contributed by atoms with Crippen LogP contribution in [-0.2, 0) is 0 Å². The highest BCUT2D eigenvalue weighted by molar-refractivity contribution is 8.19. The summed E-state index contributed by atoms with van der Waals surface area (Å²) in [6.45, 7) is 0. The lowest BCUT2D eigenvalue weighted by Crippen LogP contribution is -1.72. The first-order valence-corrected chi connectivity index (χ1v) is 7.14. The fourth-order valence-corrected chi connectivity index (χ4v) is 4.07. The fourth-order valence-electron chi connectivity index (χ4n) is 0.489. The zero-order chi connectivity index (χ0) is 7.94. The Hall–Kier alpha value is 0.550. The van der Waals surface area contributed by atoms with E-state index in [0.717, 1.165) is 0 Å². The Bertz CT molecular complexity index is 200. The van der Waals surface area contributed by atoms with Gasteiger partial charge in [-0.3, -0.25) is 4.79 Å². The van der Waals surface area contributed by atoms with Crippen LogP contribution >= 0.6 is 46.2 Å². The SMILES string of the molecule is C1CSCS1.O=c1sccs1. The molecular formula is C6H8OS4. The summed E-state index contributed by atoms with van der Waals surface area (Å²) in [6, 6.07) is 0. The lowest BCUT2D eigenvalue weighted by molar-refractivity contribution is 1.59. The molecule has 1 aromatic heterocycles. The molecule has 0 N–H and O–H groups in total. The van der Waals surface area contributed by atoms with E-state index >= 15 is 0 Å². The topological polar surface area (TPSA) is 17.1 Å². The van der Waals surface area contributed by atoms with Gasteiger partial charge in [0.05, 0.1) is 0 Å². The molecule has 62 valence electrons. The maximum Gasteiger partial charge on any atom is 0.287 e. The Morgan fingerprint density at radius 3 is 1.82 bits per heavy atom. The molecule has 0 saturated carbocycles. The molecule has 0 radical (unpaired) electrons. The van der Waals surface area contributed by atoms with Crippen LogP contribution in [0, 0.1) is 0 Å². The van der Waals surface area contributed by atoms with Gasteiger partial charge >= 0.3 is 0 Å². The highest BCUT2D eigenvalue weighted by Gasteiger charge is 1.95. The van der Waals surface area contributed by atoms with Crippen LogP contribution < -0.4 is 4.06 Å². The second-order valence-electron chi connectivity index (χ2n) is 1.69. The Kier molecular flexibility index (Phi) is 5.35. The van der Waals surface area contributed by atoms with Crippen LogP contribution in [0.4, 0.5) is 0 Å². The molecule has 0 amide bonds. The van der Waals surface area contributed by atoms with Crippen molar-refractivity contribution in [1.29, 1.82) is 0 Å². The van der Waals surface area contributed by atoms with Gasteiger partial charge in [0.25, 0.3) is 4.06 Å². The molecule has 1 fully saturated rings. The highest BCUT2D eigenvalue weighted by atomic mass is 32.2. The molecule has 5 heteroatoms. The minimum Gasteiger partial charge on any atom is -0.265 e. The third kappa shape index (κ3) is 4.90. The molecule has 0 aliphatic carbocycles. The molecule has 2 heterocycles. The number of hydrogen-bond donors (Lipinski definition) is 0. The molecule has 11 heavy (non-hydrogen) atoms. The minimum atomic E-state index is 0.176. The van der Waals surface area contributed by atoms with Crippen LogP contribution in [0.25, 0.3) is 0 Å². The minimum absolute atomic E-state index is 0.176. The normalized spacial score (nSPS) is 15.6. The lowest BCUT2D eigenvalue weighted by Gasteiger charge is -1.68. The van der Waals surface area contributed by atoms with Gasteiger partial charge in [-0.05, 0) is 0 Å². The van der Waals surface area contributed by atoms with Crippen LogP contribution in [0.2, 0.25) is 0 Å². The van der Waals surface area contributed by atoms with Gasteiger partial charge in [-0.2, -0.15) is 23.5 Å². The first-order chi connectivity index (χ1) is 5.39. The first-order valence-electron chi connectivity index (χ1n) is 3.07. The quantitative estimate of drug-likeness (QED) is 0.674. The summed E-state index contributed by atoms with van der Waals surface area (Å²) < 4.78 is 0.176. The van der Waals surface area contributed by atoms with Crippen molar-refractivity contribution in [2.24, 2.45) is 0 Å². The van der Waals surface area contributed by atoms with Gasteiger partial charge in [0.2, 0.25) is 0 Å². The molecule has 0 spiro atoms. The van der Waals surface area contributed by atoms with Crippen molar-refractivity contribution in [3.63, 3.8) is 0 Å². The van der Waals surface area contributed by atoms with Crippen molar-refractivity contribution >= 4 is 46.2 Å². The maximum atomic E-state index is 10.1. The van der Waals surface area contributed by atoms with Crippen LogP contribution in [-0.4, -0.2) is 16.6 Å². The molecule has 1 aliphatic heterocycles. The van der Waals surface area contributed by atoms with E-state index in [1.54, 1.807) is 10.8 Å². The largest absolute Gasteiger partial charge is 0.287 e. The third-order valence-corrected chi connectivity index (χ3v) is 5.18. The van der Waals surface area contributed by atoms with Crippen molar-refractivity contribution in [3.8, 4) is 0 Å². The second kappa shape index (κ2) is 6.11. The summed E-state index contributed by atoms with van der Waals surface area (Å²) in [5.41, 5.74) is 0. The van der Waals surface area contributed by atoms with Crippen LogP contribution in [0.3, 0.4) is 0 Å². The highest BCUT2D eigenvalue weighted by Crippen LogP contribution is 2.20. The van der Waals surface area contributed by atoms with E-state index < -0.39 is 0 Å². The molecule has 1 aromatic rings. The third-order valence-electron chi connectivity index (χ3n) is 0.923. The van der Waals surface area contributed by atoms with Gasteiger partial charge in [-0.15, -0.1) is 0 Å². The monoisotopic (exact) mass is 224 g/mol. The van der Waals surface area contributed by atoms with E-state index in [9.17, 15) is 4.79 Å². The predicted octanol–water partition coefficient (Wildman–Crippen LogP) is 2.59. The summed E-state index contributed by atoms with van der Waals surface area (Å²) in [6.07, 6.45) is 0. The summed E-state index contributed by atoms with van der Waals surface area (Å²) in [5.74, 6) is 2.76. The van der Waals surface area contributed by atoms with E-state index in [2.05, 4.69) is 0 Å². The summed E-state index contributed by atoms with van der Waals surface area (Å²) in [5, 5.41) is 4.90. The van der Waals surface area contributed by atoms with Gasteiger partial charge in [-0.25, -0.2) is 0 Å². The summed E-state index contributed by atoms with van der Waals surface area (Å²) >= 11 is 6.56. The molecule has 0 atom stereocenters. The van der Waals surface area contributed by atoms with Crippen molar-refractivity contribution in [3.05, 3.63) is 19.6 Å². The van der Waals surface area contributed by atoms with Crippen molar-refractivity contribution in [2.45, 2.75) is 0 Å². The Labute approximate surface area is 82.2 Å². The summed E-state index contributed by atoms with van der Waals surface area (Å²) in [7, 11) is 0. The Morgan fingerprint density at radius 2 is 1.64 bits per heavy atom. The first kappa shape index (κ1) is 9.64. The van der Waals surface area contributed by atoms with Gasteiger partial charge in [0.15, 0.2) is 0 Å². The molecular weight excluding hydrogens is 216 g/mol. The second-order valence-corrected chi connectivity index (χ2v) is 6.28. The van der Waals surface area contributed by atoms with Gasteiger partial charge in [0.1, 0.15) is 0 Å². The van der Waals surface area contributed by atoms with Crippen molar-refractivity contribution in [1.82, 2.24) is 0 Å². The van der Waals surface area contributed by atoms with Crippen LogP contribution in [0.5, 0.6) is 0 Å². The van der Waals surface area contributed by atoms with Crippen molar-refractivity contribution < 1.29 is 0 Å². The molecule has 0 unspecified atom stereocenters. The smallest absolute Gasteiger partial charge is 0.265 e. The molecule has 0 aromatic carbocycles. The number of rotatable bonds is 0. The Morgan fingerprint density at radius 1 is 1.09 bits per heavy atom. The van der Waals surface area contributed by atoms with Crippen LogP contribution in [0.1, 0.15) is 0 Å². The van der Waals surface area contributed by atoms with Crippen molar-refractivity contribution in [2.75, 3.05) is 16.6 Å². The maximum absolute atomic E-state index is 10.1. The Balaban J connectivity index is 0.000000112.